The largest absolute Gasteiger partial charge is 0.482 e. The fourth-order valence-electron chi connectivity index (χ4n) is 2.20. The number of amides is 2. The van der Waals surface area contributed by atoms with Crippen molar-refractivity contribution in [3.05, 3.63) is 42.5 Å². The SMILES string of the molecule is O=C1COc2cc(C(=O)NCCCn3ccnc3)ccc2N1. The highest BCUT2D eigenvalue weighted by molar-refractivity contribution is 5.98. The van der Waals surface area contributed by atoms with Crippen molar-refractivity contribution in [1.82, 2.24) is 14.9 Å². The Hall–Kier alpha value is -2.83. The van der Waals surface area contributed by atoms with Gasteiger partial charge in [-0.25, -0.2) is 4.98 Å². The second-order valence-electron chi connectivity index (χ2n) is 4.96. The lowest BCUT2D eigenvalue weighted by Gasteiger charge is -2.18. The Labute approximate surface area is 127 Å². The molecule has 3 rings (SSSR count). The predicted molar refractivity (Wildman–Crippen MR) is 79.7 cm³/mol. The molecule has 0 atom stereocenters. The minimum absolute atomic E-state index is 0.0248. The van der Waals surface area contributed by atoms with Crippen LogP contribution in [0.1, 0.15) is 16.8 Å². The number of imidazole rings is 1. The maximum atomic E-state index is 12.1. The molecule has 1 aromatic heterocycles. The van der Waals surface area contributed by atoms with Crippen molar-refractivity contribution in [1.29, 1.82) is 0 Å². The summed E-state index contributed by atoms with van der Waals surface area (Å²) in [6, 6.07) is 4.98. The summed E-state index contributed by atoms with van der Waals surface area (Å²) in [5, 5.41) is 5.55. The number of anilines is 1. The number of hydrogen-bond acceptors (Lipinski definition) is 4. The number of rotatable bonds is 5. The molecule has 1 aliphatic rings. The zero-order valence-corrected chi connectivity index (χ0v) is 11.9. The minimum Gasteiger partial charge on any atom is -0.482 e. The Morgan fingerprint density at radius 2 is 2.36 bits per heavy atom. The molecule has 2 amide bonds. The van der Waals surface area contributed by atoms with E-state index in [1.165, 1.54) is 0 Å². The summed E-state index contributed by atoms with van der Waals surface area (Å²) in [6.45, 7) is 1.36. The maximum Gasteiger partial charge on any atom is 0.262 e. The van der Waals surface area contributed by atoms with E-state index in [9.17, 15) is 9.59 Å². The summed E-state index contributed by atoms with van der Waals surface area (Å²) in [5.74, 6) is 0.170. The van der Waals surface area contributed by atoms with Gasteiger partial charge in [-0.1, -0.05) is 0 Å². The lowest BCUT2D eigenvalue weighted by atomic mass is 10.1. The van der Waals surface area contributed by atoms with Crippen LogP contribution >= 0.6 is 0 Å². The minimum atomic E-state index is -0.191. The number of nitrogens with zero attached hydrogens (tertiary/aromatic N) is 2. The third-order valence-corrected chi connectivity index (χ3v) is 3.31. The molecule has 1 aromatic carbocycles. The van der Waals surface area contributed by atoms with Crippen molar-refractivity contribution < 1.29 is 14.3 Å². The van der Waals surface area contributed by atoms with Crippen LogP contribution in [0.15, 0.2) is 36.9 Å². The number of carbonyl (C=O) groups excluding carboxylic acids is 2. The second-order valence-corrected chi connectivity index (χ2v) is 4.96. The van der Waals surface area contributed by atoms with E-state index in [0.29, 0.717) is 23.5 Å². The standard InChI is InChI=1S/C15H16N4O3/c20-14-9-22-13-8-11(2-3-12(13)18-14)15(21)17-4-1-6-19-7-5-16-10-19/h2-3,5,7-8,10H,1,4,6,9H2,(H,17,21)(H,18,20). The first-order valence-corrected chi connectivity index (χ1v) is 7.03. The Balaban J connectivity index is 1.53. The monoisotopic (exact) mass is 300 g/mol. The summed E-state index contributed by atoms with van der Waals surface area (Å²) in [4.78, 5) is 27.2. The van der Waals surface area contributed by atoms with Crippen LogP contribution in [0.25, 0.3) is 0 Å². The number of fused-ring (bicyclic) bond motifs is 1. The zero-order chi connectivity index (χ0) is 15.4. The number of nitrogens with one attached hydrogen (secondary N) is 2. The zero-order valence-electron chi connectivity index (χ0n) is 11.9. The van der Waals surface area contributed by atoms with E-state index < -0.39 is 0 Å². The summed E-state index contributed by atoms with van der Waals surface area (Å²) in [7, 11) is 0. The van der Waals surface area contributed by atoms with Crippen molar-refractivity contribution in [3.8, 4) is 5.75 Å². The molecule has 0 fully saturated rings. The summed E-state index contributed by atoms with van der Waals surface area (Å²) in [5.41, 5.74) is 1.10. The van der Waals surface area contributed by atoms with Crippen molar-refractivity contribution in [3.63, 3.8) is 0 Å². The Morgan fingerprint density at radius 3 is 3.18 bits per heavy atom. The van der Waals surface area contributed by atoms with Gasteiger partial charge in [-0.3, -0.25) is 9.59 Å². The average Bonchev–Trinajstić information content (AvgIpc) is 3.04. The molecule has 2 N–H and O–H groups in total. The Bertz CT molecular complexity index is 682. The van der Waals surface area contributed by atoms with Gasteiger partial charge in [0.1, 0.15) is 5.75 Å². The van der Waals surface area contributed by atoms with Crippen LogP contribution in [0.4, 0.5) is 5.69 Å². The summed E-state index contributed by atoms with van der Waals surface area (Å²) >= 11 is 0. The number of hydrogen-bond donors (Lipinski definition) is 2. The predicted octanol–water partition coefficient (Wildman–Crippen LogP) is 1.03. The van der Waals surface area contributed by atoms with E-state index in [1.54, 1.807) is 30.7 Å². The number of carbonyl (C=O) groups is 2. The molecule has 0 saturated carbocycles. The molecule has 0 saturated heterocycles. The van der Waals surface area contributed by atoms with Crippen LogP contribution < -0.4 is 15.4 Å². The lowest BCUT2D eigenvalue weighted by molar-refractivity contribution is -0.118. The highest BCUT2D eigenvalue weighted by atomic mass is 16.5. The van der Waals surface area contributed by atoms with Gasteiger partial charge in [-0.2, -0.15) is 0 Å². The van der Waals surface area contributed by atoms with E-state index in [1.807, 2.05) is 10.8 Å². The van der Waals surface area contributed by atoms with Gasteiger partial charge in [0.2, 0.25) is 0 Å². The summed E-state index contributed by atoms with van der Waals surface area (Å²) in [6.07, 6.45) is 6.18. The Kier molecular flexibility index (Phi) is 4.04. The van der Waals surface area contributed by atoms with Gasteiger partial charge in [0.15, 0.2) is 6.61 Å². The molecule has 0 aliphatic carbocycles. The molecule has 0 spiro atoms. The third-order valence-electron chi connectivity index (χ3n) is 3.31. The molecule has 7 nitrogen and oxygen atoms in total. The number of benzene rings is 1. The molecule has 0 radical (unpaired) electrons. The number of ether oxygens (including phenoxy) is 1. The van der Waals surface area contributed by atoms with E-state index >= 15 is 0 Å². The van der Waals surface area contributed by atoms with Gasteiger partial charge in [-0.15, -0.1) is 0 Å². The van der Waals surface area contributed by atoms with Gasteiger partial charge in [-0.05, 0) is 24.6 Å². The average molecular weight is 300 g/mol. The molecule has 114 valence electrons. The first kappa shape index (κ1) is 14.1. The highest BCUT2D eigenvalue weighted by Gasteiger charge is 2.17. The van der Waals surface area contributed by atoms with Crippen LogP contribution in [-0.4, -0.2) is 34.5 Å². The van der Waals surface area contributed by atoms with Gasteiger partial charge in [0.25, 0.3) is 11.8 Å². The fraction of sp³-hybridized carbons (Fsp3) is 0.267. The van der Waals surface area contributed by atoms with Crippen LogP contribution in [0.2, 0.25) is 0 Å². The van der Waals surface area contributed by atoms with E-state index in [2.05, 4.69) is 15.6 Å². The van der Waals surface area contributed by atoms with Crippen LogP contribution in [0, 0.1) is 0 Å². The van der Waals surface area contributed by atoms with Gasteiger partial charge in [0.05, 0.1) is 12.0 Å². The van der Waals surface area contributed by atoms with Gasteiger partial charge >= 0.3 is 0 Å². The molecular weight excluding hydrogens is 284 g/mol. The van der Waals surface area contributed by atoms with E-state index in [-0.39, 0.29) is 18.4 Å². The molecule has 1 aliphatic heterocycles. The number of aromatic nitrogens is 2. The maximum absolute atomic E-state index is 12.1. The van der Waals surface area contributed by atoms with E-state index in [4.69, 9.17) is 4.74 Å². The molecule has 2 heterocycles. The van der Waals surface area contributed by atoms with Crippen molar-refractivity contribution in [2.75, 3.05) is 18.5 Å². The van der Waals surface area contributed by atoms with E-state index in [0.717, 1.165) is 13.0 Å². The quantitative estimate of drug-likeness (QED) is 0.808. The second kappa shape index (κ2) is 6.30. The highest BCUT2D eigenvalue weighted by Crippen LogP contribution is 2.28. The topological polar surface area (TPSA) is 85.2 Å². The van der Waals surface area contributed by atoms with Crippen molar-refractivity contribution >= 4 is 17.5 Å². The fourth-order valence-corrected chi connectivity index (χ4v) is 2.20. The number of aryl methyl sites for hydroxylation is 1. The van der Waals surface area contributed by atoms with Gasteiger partial charge in [0, 0.05) is 31.0 Å². The smallest absolute Gasteiger partial charge is 0.262 e. The normalized spacial score (nSPS) is 13.0. The first-order chi connectivity index (χ1) is 10.7. The molecular formula is C15H16N4O3. The van der Waals surface area contributed by atoms with Crippen LogP contribution in [0.3, 0.4) is 0 Å². The first-order valence-electron chi connectivity index (χ1n) is 7.03. The Morgan fingerprint density at radius 1 is 1.45 bits per heavy atom. The van der Waals surface area contributed by atoms with Crippen LogP contribution in [-0.2, 0) is 11.3 Å². The van der Waals surface area contributed by atoms with Crippen molar-refractivity contribution in [2.24, 2.45) is 0 Å². The van der Waals surface area contributed by atoms with Crippen LogP contribution in [0.5, 0.6) is 5.75 Å². The lowest BCUT2D eigenvalue weighted by Crippen LogP contribution is -2.27. The summed E-state index contributed by atoms with van der Waals surface area (Å²) < 4.78 is 7.26. The molecule has 7 heteroatoms. The molecule has 0 bridgehead atoms. The molecule has 22 heavy (non-hydrogen) atoms. The molecule has 2 aromatic rings. The van der Waals surface area contributed by atoms with Crippen molar-refractivity contribution in [2.45, 2.75) is 13.0 Å². The third kappa shape index (κ3) is 3.25. The molecule has 0 unspecified atom stereocenters. The van der Waals surface area contributed by atoms with Gasteiger partial charge < -0.3 is 19.9 Å².